The van der Waals surface area contributed by atoms with E-state index in [9.17, 15) is 0 Å². The summed E-state index contributed by atoms with van der Waals surface area (Å²) >= 11 is 1.77. The number of pyridine rings is 1. The molecule has 0 amide bonds. The number of anilines is 1. The van der Waals surface area contributed by atoms with E-state index in [0.717, 1.165) is 12.1 Å². The van der Waals surface area contributed by atoms with Crippen molar-refractivity contribution >= 4 is 17.2 Å². The predicted molar refractivity (Wildman–Crippen MR) is 71.4 cm³/mol. The zero-order valence-electron chi connectivity index (χ0n) is 10.1. The maximum Gasteiger partial charge on any atom is 0.166 e. The number of hydrogen-bond donors (Lipinski definition) is 1. The topological polar surface area (TPSA) is 48.1 Å². The van der Waals surface area contributed by atoms with Crippen molar-refractivity contribution in [1.29, 1.82) is 0 Å². The molecule has 0 aliphatic rings. The molecular weight excluding hydrogens is 232 g/mol. The number of aryl methyl sites for hydroxylation is 2. The monoisotopic (exact) mass is 248 g/mol. The fourth-order valence-electron chi connectivity index (χ4n) is 1.52. The Morgan fingerprint density at radius 2 is 2.00 bits per heavy atom. The Kier molecular flexibility index (Phi) is 3.64. The average Bonchev–Trinajstić information content (AvgIpc) is 2.76. The van der Waals surface area contributed by atoms with Crippen LogP contribution in [-0.4, -0.2) is 4.98 Å². The van der Waals surface area contributed by atoms with Gasteiger partial charge in [-0.1, -0.05) is 6.92 Å². The van der Waals surface area contributed by atoms with E-state index in [-0.39, 0.29) is 0 Å². The van der Waals surface area contributed by atoms with Gasteiger partial charge in [0.2, 0.25) is 0 Å². The second-order valence-corrected chi connectivity index (χ2v) is 5.10. The molecule has 0 aliphatic carbocycles. The molecule has 0 aliphatic heterocycles. The average molecular weight is 248 g/mol. The summed E-state index contributed by atoms with van der Waals surface area (Å²) in [7, 11) is 0. The number of hydrogen-bond acceptors (Lipinski definition) is 4. The molecule has 17 heavy (non-hydrogen) atoms. The molecule has 2 rings (SSSR count). The minimum Gasteiger partial charge on any atom is -0.484 e. The van der Waals surface area contributed by atoms with Crippen molar-refractivity contribution in [1.82, 2.24) is 4.98 Å². The lowest BCUT2D eigenvalue weighted by Gasteiger charge is -2.07. The molecule has 0 spiro atoms. The molecule has 4 heteroatoms. The van der Waals surface area contributed by atoms with Crippen molar-refractivity contribution in [3.8, 4) is 5.75 Å². The Balaban J connectivity index is 2.02. The molecule has 3 nitrogen and oxygen atoms in total. The van der Waals surface area contributed by atoms with Crippen LogP contribution in [0, 0.1) is 6.92 Å². The Labute approximate surface area is 105 Å². The Morgan fingerprint density at radius 1 is 1.24 bits per heavy atom. The van der Waals surface area contributed by atoms with Crippen molar-refractivity contribution in [2.75, 3.05) is 5.73 Å². The smallest absolute Gasteiger partial charge is 0.166 e. The third kappa shape index (κ3) is 2.97. The van der Waals surface area contributed by atoms with E-state index < -0.39 is 0 Å². The van der Waals surface area contributed by atoms with Crippen molar-refractivity contribution in [3.05, 3.63) is 39.7 Å². The van der Waals surface area contributed by atoms with Crippen molar-refractivity contribution in [2.24, 2.45) is 0 Å². The van der Waals surface area contributed by atoms with Crippen LogP contribution in [0.15, 0.2) is 24.3 Å². The van der Waals surface area contributed by atoms with Gasteiger partial charge in [0.1, 0.15) is 6.61 Å². The Bertz CT molecular complexity index is 508. The largest absolute Gasteiger partial charge is 0.484 e. The van der Waals surface area contributed by atoms with Gasteiger partial charge >= 0.3 is 0 Å². The summed E-state index contributed by atoms with van der Waals surface area (Å²) in [6.45, 7) is 4.62. The molecule has 2 heterocycles. The maximum atomic E-state index is 5.78. The molecule has 0 radical (unpaired) electrons. The zero-order chi connectivity index (χ0) is 12.3. The molecule has 0 saturated heterocycles. The van der Waals surface area contributed by atoms with Crippen LogP contribution in [0.1, 0.15) is 22.4 Å². The third-order valence-corrected chi connectivity index (χ3v) is 3.66. The number of ether oxygens (including phenoxy) is 1. The van der Waals surface area contributed by atoms with E-state index in [1.165, 1.54) is 9.75 Å². The molecule has 0 aromatic carbocycles. The van der Waals surface area contributed by atoms with E-state index in [0.29, 0.717) is 18.2 Å². The molecule has 0 saturated carbocycles. The number of aromatic nitrogens is 1. The number of thiophene rings is 1. The van der Waals surface area contributed by atoms with E-state index in [1.54, 1.807) is 11.3 Å². The van der Waals surface area contributed by atoms with Gasteiger partial charge in [0.25, 0.3) is 0 Å². The molecule has 2 aromatic rings. The minimum atomic E-state index is 0.456. The summed E-state index contributed by atoms with van der Waals surface area (Å²) in [6, 6.07) is 8.00. The number of nitrogens with two attached hydrogens (primary N) is 1. The predicted octanol–water partition coefficient (Wildman–Crippen LogP) is 3.18. The van der Waals surface area contributed by atoms with Crippen molar-refractivity contribution in [3.63, 3.8) is 0 Å². The summed E-state index contributed by atoms with van der Waals surface area (Å²) in [4.78, 5) is 6.75. The van der Waals surface area contributed by atoms with E-state index in [1.807, 2.05) is 19.1 Å². The van der Waals surface area contributed by atoms with Gasteiger partial charge in [-0.2, -0.15) is 0 Å². The van der Waals surface area contributed by atoms with E-state index in [2.05, 4.69) is 24.0 Å². The summed E-state index contributed by atoms with van der Waals surface area (Å²) in [5.74, 6) is 1.11. The highest BCUT2D eigenvalue weighted by Crippen LogP contribution is 2.23. The fraction of sp³-hybridized carbons (Fsp3) is 0.308. The number of nitrogens with zero attached hydrogens (tertiary/aromatic N) is 1. The lowest BCUT2D eigenvalue weighted by Crippen LogP contribution is -2.00. The first-order valence-corrected chi connectivity index (χ1v) is 6.44. The van der Waals surface area contributed by atoms with Gasteiger partial charge in [-0.25, -0.2) is 4.98 Å². The SMILES string of the molecule is CCc1ccc(COc2ccc(C)nc2N)s1. The van der Waals surface area contributed by atoms with Crippen LogP contribution in [-0.2, 0) is 13.0 Å². The van der Waals surface area contributed by atoms with Gasteiger partial charge in [0.15, 0.2) is 11.6 Å². The maximum absolute atomic E-state index is 5.78. The molecule has 2 N–H and O–H groups in total. The van der Waals surface area contributed by atoms with Crippen molar-refractivity contribution in [2.45, 2.75) is 26.9 Å². The third-order valence-electron chi connectivity index (χ3n) is 2.46. The van der Waals surface area contributed by atoms with Gasteiger partial charge in [-0.3, -0.25) is 0 Å². The van der Waals surface area contributed by atoms with Crippen molar-refractivity contribution < 1.29 is 4.74 Å². The second kappa shape index (κ2) is 5.19. The number of nitrogen functional groups attached to an aromatic ring is 1. The van der Waals surface area contributed by atoms with Gasteiger partial charge in [0.05, 0.1) is 0 Å². The highest BCUT2D eigenvalue weighted by atomic mass is 32.1. The van der Waals surface area contributed by atoms with Crippen LogP contribution in [0.25, 0.3) is 0 Å². The summed E-state index contributed by atoms with van der Waals surface area (Å²) in [5.41, 5.74) is 6.69. The van der Waals surface area contributed by atoms with Gasteiger partial charge in [-0.15, -0.1) is 11.3 Å². The molecule has 0 unspecified atom stereocenters. The molecule has 2 aromatic heterocycles. The number of rotatable bonds is 4. The van der Waals surface area contributed by atoms with Crippen LogP contribution >= 0.6 is 11.3 Å². The second-order valence-electron chi connectivity index (χ2n) is 3.85. The molecule has 90 valence electrons. The fourth-order valence-corrected chi connectivity index (χ4v) is 2.40. The lowest BCUT2D eigenvalue weighted by atomic mass is 10.3. The first-order chi connectivity index (χ1) is 8.19. The van der Waals surface area contributed by atoms with E-state index >= 15 is 0 Å². The van der Waals surface area contributed by atoms with Gasteiger partial charge in [0, 0.05) is 15.4 Å². The molecular formula is C13H16N2OS. The van der Waals surface area contributed by atoms with Gasteiger partial charge in [-0.05, 0) is 37.6 Å². The highest BCUT2D eigenvalue weighted by Gasteiger charge is 2.04. The zero-order valence-corrected chi connectivity index (χ0v) is 10.9. The Hall–Kier alpha value is -1.55. The quantitative estimate of drug-likeness (QED) is 0.904. The molecule has 0 bridgehead atoms. The Morgan fingerprint density at radius 3 is 2.65 bits per heavy atom. The first-order valence-electron chi connectivity index (χ1n) is 5.62. The first kappa shape index (κ1) is 11.9. The highest BCUT2D eigenvalue weighted by molar-refractivity contribution is 7.11. The van der Waals surface area contributed by atoms with Gasteiger partial charge < -0.3 is 10.5 Å². The van der Waals surface area contributed by atoms with Crippen LogP contribution in [0.2, 0.25) is 0 Å². The van der Waals surface area contributed by atoms with Crippen LogP contribution in [0.4, 0.5) is 5.82 Å². The summed E-state index contributed by atoms with van der Waals surface area (Å²) in [5, 5.41) is 0. The van der Waals surface area contributed by atoms with Crippen LogP contribution in [0.3, 0.4) is 0 Å². The standard InChI is InChI=1S/C13H16N2OS/c1-3-10-5-6-11(17-10)8-16-12-7-4-9(2)15-13(12)14/h4-7H,3,8H2,1-2H3,(H2,14,15). The van der Waals surface area contributed by atoms with Crippen LogP contribution < -0.4 is 10.5 Å². The molecule has 0 fully saturated rings. The molecule has 0 atom stereocenters. The normalized spacial score (nSPS) is 10.5. The minimum absolute atomic E-state index is 0.456. The van der Waals surface area contributed by atoms with E-state index in [4.69, 9.17) is 10.5 Å². The summed E-state index contributed by atoms with van der Waals surface area (Å²) < 4.78 is 5.66. The van der Waals surface area contributed by atoms with Crippen LogP contribution in [0.5, 0.6) is 5.75 Å². The summed E-state index contributed by atoms with van der Waals surface area (Å²) in [6.07, 6.45) is 1.07. The lowest BCUT2D eigenvalue weighted by molar-refractivity contribution is 0.310.